The maximum absolute atomic E-state index is 11.6. The van der Waals surface area contributed by atoms with Gasteiger partial charge in [0, 0.05) is 24.6 Å². The SMILES string of the molecule is CC(C)c1nc(NCC2CCCCC2N)cc(=O)[nH]1. The summed E-state index contributed by atoms with van der Waals surface area (Å²) >= 11 is 0. The monoisotopic (exact) mass is 264 g/mol. The minimum Gasteiger partial charge on any atom is -0.370 e. The van der Waals surface area contributed by atoms with Crippen molar-refractivity contribution >= 4 is 5.82 Å². The van der Waals surface area contributed by atoms with E-state index in [2.05, 4.69) is 15.3 Å². The van der Waals surface area contributed by atoms with Crippen molar-refractivity contribution < 1.29 is 0 Å². The third-order valence-electron chi connectivity index (χ3n) is 3.82. The molecule has 1 saturated carbocycles. The van der Waals surface area contributed by atoms with Crippen LogP contribution in [0.4, 0.5) is 5.82 Å². The summed E-state index contributed by atoms with van der Waals surface area (Å²) < 4.78 is 0. The number of aromatic amines is 1. The number of nitrogens with zero attached hydrogens (tertiary/aromatic N) is 1. The fraction of sp³-hybridized carbons (Fsp3) is 0.714. The fourth-order valence-electron chi connectivity index (χ4n) is 2.57. The first-order valence-corrected chi connectivity index (χ1v) is 7.17. The molecule has 1 heterocycles. The molecule has 2 atom stereocenters. The molecule has 0 saturated heterocycles. The van der Waals surface area contributed by atoms with Crippen LogP contribution >= 0.6 is 0 Å². The summed E-state index contributed by atoms with van der Waals surface area (Å²) in [4.78, 5) is 18.8. The van der Waals surface area contributed by atoms with E-state index in [-0.39, 0.29) is 17.5 Å². The van der Waals surface area contributed by atoms with Crippen LogP contribution in [0.3, 0.4) is 0 Å². The second kappa shape index (κ2) is 6.19. The molecule has 5 nitrogen and oxygen atoms in total. The smallest absolute Gasteiger partial charge is 0.252 e. The van der Waals surface area contributed by atoms with Gasteiger partial charge in [-0.3, -0.25) is 4.79 Å². The predicted molar refractivity (Wildman–Crippen MR) is 77.4 cm³/mol. The number of aromatic nitrogens is 2. The highest BCUT2D eigenvalue weighted by Crippen LogP contribution is 2.23. The molecule has 1 aliphatic rings. The Balaban J connectivity index is 2.00. The molecule has 0 amide bonds. The summed E-state index contributed by atoms with van der Waals surface area (Å²) in [6, 6.07) is 1.79. The van der Waals surface area contributed by atoms with Gasteiger partial charge in [0.2, 0.25) is 0 Å². The zero-order valence-corrected chi connectivity index (χ0v) is 11.8. The molecule has 0 radical (unpaired) electrons. The Morgan fingerprint density at radius 1 is 1.47 bits per heavy atom. The Hall–Kier alpha value is -1.36. The fourth-order valence-corrected chi connectivity index (χ4v) is 2.57. The van der Waals surface area contributed by atoms with E-state index in [0.29, 0.717) is 11.7 Å². The third-order valence-corrected chi connectivity index (χ3v) is 3.82. The Kier molecular flexibility index (Phi) is 4.58. The molecular formula is C14H24N4O. The summed E-state index contributed by atoms with van der Waals surface area (Å²) in [5.41, 5.74) is 6.02. The Labute approximate surface area is 114 Å². The largest absolute Gasteiger partial charge is 0.370 e. The second-order valence-electron chi connectivity index (χ2n) is 5.76. The summed E-state index contributed by atoms with van der Waals surface area (Å²) in [5, 5.41) is 3.27. The molecule has 19 heavy (non-hydrogen) atoms. The van der Waals surface area contributed by atoms with E-state index in [1.54, 1.807) is 0 Å². The first-order chi connectivity index (χ1) is 9.06. The minimum atomic E-state index is -0.103. The topological polar surface area (TPSA) is 83.8 Å². The molecule has 5 heteroatoms. The van der Waals surface area contributed by atoms with E-state index < -0.39 is 0 Å². The van der Waals surface area contributed by atoms with Gasteiger partial charge in [-0.25, -0.2) is 4.98 Å². The van der Waals surface area contributed by atoms with Crippen molar-refractivity contribution in [2.24, 2.45) is 11.7 Å². The van der Waals surface area contributed by atoms with Crippen LogP contribution in [-0.4, -0.2) is 22.6 Å². The molecule has 1 aliphatic carbocycles. The molecule has 4 N–H and O–H groups in total. The molecule has 2 rings (SSSR count). The second-order valence-corrected chi connectivity index (χ2v) is 5.76. The summed E-state index contributed by atoms with van der Waals surface area (Å²) in [7, 11) is 0. The molecule has 1 fully saturated rings. The van der Waals surface area contributed by atoms with Gasteiger partial charge in [-0.05, 0) is 18.8 Å². The molecule has 2 unspecified atom stereocenters. The van der Waals surface area contributed by atoms with Crippen LogP contribution in [0.1, 0.15) is 51.3 Å². The number of hydrogen-bond acceptors (Lipinski definition) is 4. The van der Waals surface area contributed by atoms with Crippen molar-refractivity contribution in [1.29, 1.82) is 0 Å². The van der Waals surface area contributed by atoms with Crippen molar-refractivity contribution in [3.05, 3.63) is 22.2 Å². The number of rotatable bonds is 4. The number of nitrogens with two attached hydrogens (primary N) is 1. The summed E-state index contributed by atoms with van der Waals surface area (Å²) in [5.74, 6) is 2.08. The van der Waals surface area contributed by atoms with Gasteiger partial charge < -0.3 is 16.0 Å². The van der Waals surface area contributed by atoms with Crippen LogP contribution in [0.15, 0.2) is 10.9 Å². The first-order valence-electron chi connectivity index (χ1n) is 7.17. The molecule has 1 aromatic heterocycles. The van der Waals surface area contributed by atoms with E-state index in [1.165, 1.54) is 18.9 Å². The van der Waals surface area contributed by atoms with Crippen LogP contribution in [-0.2, 0) is 0 Å². The van der Waals surface area contributed by atoms with Crippen molar-refractivity contribution in [1.82, 2.24) is 9.97 Å². The van der Waals surface area contributed by atoms with E-state index in [0.717, 1.165) is 25.2 Å². The molecule has 0 spiro atoms. The standard InChI is InChI=1S/C14H24N4O/c1-9(2)14-17-12(7-13(19)18-14)16-8-10-5-3-4-6-11(10)15/h7,9-11H,3-6,8,15H2,1-2H3,(H2,16,17,18,19). The van der Waals surface area contributed by atoms with Crippen molar-refractivity contribution in [3.8, 4) is 0 Å². The zero-order valence-electron chi connectivity index (χ0n) is 11.8. The third kappa shape index (κ3) is 3.80. The lowest BCUT2D eigenvalue weighted by Crippen LogP contribution is -2.37. The zero-order chi connectivity index (χ0) is 13.8. The summed E-state index contributed by atoms with van der Waals surface area (Å²) in [6.07, 6.45) is 4.75. The highest BCUT2D eigenvalue weighted by Gasteiger charge is 2.21. The van der Waals surface area contributed by atoms with Gasteiger partial charge in [-0.2, -0.15) is 0 Å². The van der Waals surface area contributed by atoms with Crippen molar-refractivity contribution in [2.75, 3.05) is 11.9 Å². The molecule has 1 aromatic rings. The molecule has 0 aliphatic heterocycles. The van der Waals surface area contributed by atoms with Gasteiger partial charge in [-0.15, -0.1) is 0 Å². The van der Waals surface area contributed by atoms with E-state index in [1.807, 2.05) is 13.8 Å². The van der Waals surface area contributed by atoms with Crippen LogP contribution in [0, 0.1) is 5.92 Å². The van der Waals surface area contributed by atoms with Gasteiger partial charge in [0.25, 0.3) is 5.56 Å². The van der Waals surface area contributed by atoms with E-state index in [4.69, 9.17) is 5.73 Å². The van der Waals surface area contributed by atoms with Crippen molar-refractivity contribution in [3.63, 3.8) is 0 Å². The maximum atomic E-state index is 11.6. The average Bonchev–Trinajstić information content (AvgIpc) is 2.37. The van der Waals surface area contributed by atoms with Gasteiger partial charge in [0.1, 0.15) is 11.6 Å². The number of nitrogens with one attached hydrogen (secondary N) is 2. The Morgan fingerprint density at radius 2 is 2.21 bits per heavy atom. The van der Waals surface area contributed by atoms with E-state index in [9.17, 15) is 4.79 Å². The molecule has 106 valence electrons. The van der Waals surface area contributed by atoms with Crippen LogP contribution in [0.2, 0.25) is 0 Å². The lowest BCUT2D eigenvalue weighted by molar-refractivity contribution is 0.321. The Bertz CT molecular complexity index is 469. The van der Waals surface area contributed by atoms with Gasteiger partial charge in [0.05, 0.1) is 0 Å². The molecule has 0 aromatic carbocycles. The lowest BCUT2D eigenvalue weighted by Gasteiger charge is -2.28. The number of H-pyrrole nitrogens is 1. The first kappa shape index (κ1) is 14.1. The number of hydrogen-bond donors (Lipinski definition) is 3. The normalized spacial score (nSPS) is 23.6. The Morgan fingerprint density at radius 3 is 2.89 bits per heavy atom. The average molecular weight is 264 g/mol. The van der Waals surface area contributed by atoms with Gasteiger partial charge in [-0.1, -0.05) is 26.7 Å². The maximum Gasteiger partial charge on any atom is 0.252 e. The van der Waals surface area contributed by atoms with Gasteiger partial charge in [0.15, 0.2) is 0 Å². The van der Waals surface area contributed by atoms with E-state index >= 15 is 0 Å². The minimum absolute atomic E-state index is 0.103. The highest BCUT2D eigenvalue weighted by atomic mass is 16.1. The lowest BCUT2D eigenvalue weighted by atomic mass is 9.85. The molecular weight excluding hydrogens is 240 g/mol. The highest BCUT2D eigenvalue weighted by molar-refractivity contribution is 5.33. The van der Waals surface area contributed by atoms with Crippen LogP contribution in [0.25, 0.3) is 0 Å². The quantitative estimate of drug-likeness (QED) is 0.774. The predicted octanol–water partition coefficient (Wildman–Crippen LogP) is 1.82. The van der Waals surface area contributed by atoms with Crippen LogP contribution < -0.4 is 16.6 Å². The summed E-state index contributed by atoms with van der Waals surface area (Å²) in [6.45, 7) is 4.83. The van der Waals surface area contributed by atoms with Crippen LogP contribution in [0.5, 0.6) is 0 Å². The number of anilines is 1. The molecule has 0 bridgehead atoms. The van der Waals surface area contributed by atoms with Crippen molar-refractivity contribution in [2.45, 2.75) is 51.5 Å². The van der Waals surface area contributed by atoms with Gasteiger partial charge >= 0.3 is 0 Å².